The summed E-state index contributed by atoms with van der Waals surface area (Å²) >= 11 is 0. The molecule has 0 aliphatic rings. The van der Waals surface area contributed by atoms with Gasteiger partial charge in [-0.25, -0.2) is 0 Å². The lowest BCUT2D eigenvalue weighted by Gasteiger charge is -2.17. The van der Waals surface area contributed by atoms with Crippen LogP contribution in [-0.2, 0) is 0 Å². The van der Waals surface area contributed by atoms with Gasteiger partial charge in [-0.15, -0.1) is 0 Å². The van der Waals surface area contributed by atoms with Gasteiger partial charge < -0.3 is 15.1 Å². The summed E-state index contributed by atoms with van der Waals surface area (Å²) in [7, 11) is 4.14. The zero-order chi connectivity index (χ0) is 16.7. The van der Waals surface area contributed by atoms with Crippen LogP contribution >= 0.6 is 0 Å². The highest BCUT2D eigenvalue weighted by Crippen LogP contribution is 2.28. The maximum Gasteiger partial charge on any atom is 0.295 e. The van der Waals surface area contributed by atoms with Gasteiger partial charge in [-0.3, -0.25) is 4.79 Å². The third-order valence-corrected chi connectivity index (χ3v) is 3.09. The van der Waals surface area contributed by atoms with Gasteiger partial charge in [-0.2, -0.15) is 4.98 Å². The number of hydrogen-bond donors (Lipinski definition) is 1. The molecule has 0 aliphatic heterocycles. The van der Waals surface area contributed by atoms with Crippen molar-refractivity contribution in [2.24, 2.45) is 0 Å². The minimum atomic E-state index is -0.381. The van der Waals surface area contributed by atoms with Crippen molar-refractivity contribution >= 4 is 11.7 Å². The first-order chi connectivity index (χ1) is 11.1. The molecule has 3 aromatic rings. The van der Waals surface area contributed by atoms with Gasteiger partial charge in [0.1, 0.15) is 6.26 Å². The summed E-state index contributed by atoms with van der Waals surface area (Å²) in [5.74, 6) is 0. The Balaban J connectivity index is 0.000000203. The van der Waals surface area contributed by atoms with E-state index in [0.717, 1.165) is 0 Å². The van der Waals surface area contributed by atoms with E-state index in [0.29, 0.717) is 0 Å². The highest BCUT2D eigenvalue weighted by Gasteiger charge is 2.04. The van der Waals surface area contributed by atoms with Crippen molar-refractivity contribution in [3.63, 3.8) is 0 Å². The summed E-state index contributed by atoms with van der Waals surface area (Å²) < 4.78 is 4.47. The molecule has 2 aromatic carbocycles. The Kier molecular flexibility index (Phi) is 5.52. The van der Waals surface area contributed by atoms with Crippen molar-refractivity contribution in [1.29, 1.82) is 0 Å². The molecule has 5 heteroatoms. The molecule has 0 amide bonds. The number of anilines is 2. The van der Waals surface area contributed by atoms with Crippen LogP contribution in [0.4, 0.5) is 11.7 Å². The Morgan fingerprint density at radius 2 is 1.61 bits per heavy atom. The molecule has 0 spiro atoms. The Hall–Kier alpha value is -3.08. The van der Waals surface area contributed by atoms with Gasteiger partial charge >= 0.3 is 0 Å². The molecule has 0 bridgehead atoms. The SMILES string of the molecule is CN(C)c1ccccc1-c1ccccc1.Nc1nc(=O)cco1. The smallest absolute Gasteiger partial charge is 0.295 e. The Bertz CT molecular complexity index is 798. The van der Waals surface area contributed by atoms with Crippen LogP contribution in [0, 0.1) is 0 Å². The normalized spacial score (nSPS) is 9.65. The van der Waals surface area contributed by atoms with Crippen LogP contribution in [-0.4, -0.2) is 19.1 Å². The molecule has 2 N–H and O–H groups in total. The Morgan fingerprint density at radius 3 is 2.17 bits per heavy atom. The van der Waals surface area contributed by atoms with E-state index in [1.807, 2.05) is 6.07 Å². The van der Waals surface area contributed by atoms with Crippen molar-refractivity contribution in [3.8, 4) is 11.1 Å². The summed E-state index contributed by atoms with van der Waals surface area (Å²) in [5, 5.41) is 0. The predicted octanol–water partition coefficient (Wildman–Crippen LogP) is 3.04. The van der Waals surface area contributed by atoms with Crippen LogP contribution in [0.3, 0.4) is 0 Å². The number of hydrogen-bond acceptors (Lipinski definition) is 5. The molecule has 118 valence electrons. The average Bonchev–Trinajstić information content (AvgIpc) is 2.56. The van der Waals surface area contributed by atoms with E-state index in [-0.39, 0.29) is 11.6 Å². The maximum absolute atomic E-state index is 10.2. The summed E-state index contributed by atoms with van der Waals surface area (Å²) in [6.07, 6.45) is 1.20. The molecular weight excluding hydrogens is 290 g/mol. The second-order valence-corrected chi connectivity index (χ2v) is 4.99. The Labute approximate surface area is 135 Å². The number of aromatic nitrogens is 1. The van der Waals surface area contributed by atoms with Crippen molar-refractivity contribution in [2.45, 2.75) is 0 Å². The molecule has 3 rings (SSSR count). The lowest BCUT2D eigenvalue weighted by Crippen LogP contribution is -2.09. The van der Waals surface area contributed by atoms with E-state index >= 15 is 0 Å². The van der Waals surface area contributed by atoms with E-state index in [4.69, 9.17) is 5.73 Å². The van der Waals surface area contributed by atoms with Crippen molar-refractivity contribution in [2.75, 3.05) is 24.7 Å². The molecule has 0 fully saturated rings. The molecule has 0 saturated heterocycles. The van der Waals surface area contributed by atoms with Crippen molar-refractivity contribution in [3.05, 3.63) is 77.3 Å². The summed E-state index contributed by atoms with van der Waals surface area (Å²) in [6, 6.07) is 20.0. The lowest BCUT2D eigenvalue weighted by atomic mass is 10.0. The van der Waals surface area contributed by atoms with Crippen LogP contribution < -0.4 is 16.2 Å². The first-order valence-electron chi connectivity index (χ1n) is 7.11. The molecular formula is C18H19N3O2. The van der Waals surface area contributed by atoms with E-state index in [2.05, 4.69) is 76.9 Å². The van der Waals surface area contributed by atoms with E-state index in [1.165, 1.54) is 29.1 Å². The van der Waals surface area contributed by atoms with Gasteiger partial charge in [0.25, 0.3) is 11.6 Å². The molecule has 0 radical (unpaired) electrons. The van der Waals surface area contributed by atoms with Crippen LogP contribution in [0.1, 0.15) is 0 Å². The highest BCUT2D eigenvalue weighted by molar-refractivity contribution is 5.78. The van der Waals surface area contributed by atoms with Gasteiger partial charge in [-0.05, 0) is 11.6 Å². The lowest BCUT2D eigenvalue weighted by molar-refractivity contribution is 0.548. The molecule has 1 heterocycles. The molecule has 0 aliphatic carbocycles. The standard InChI is InChI=1S/C14H15N.C4H4N2O2/c1-15(2)14-11-7-6-10-13(14)12-8-4-3-5-9-12;5-4-6-3(7)1-2-8-4/h3-11H,1-2H3;1-2H,(H2,5,6,7). The van der Waals surface area contributed by atoms with Crippen molar-refractivity contribution < 1.29 is 4.42 Å². The Morgan fingerprint density at radius 1 is 0.957 bits per heavy atom. The number of benzene rings is 2. The fourth-order valence-corrected chi connectivity index (χ4v) is 2.06. The third-order valence-electron chi connectivity index (χ3n) is 3.09. The zero-order valence-electron chi connectivity index (χ0n) is 13.1. The quantitative estimate of drug-likeness (QED) is 0.787. The van der Waals surface area contributed by atoms with E-state index in [9.17, 15) is 4.79 Å². The van der Waals surface area contributed by atoms with E-state index < -0.39 is 0 Å². The fraction of sp³-hybridized carbons (Fsp3) is 0.111. The summed E-state index contributed by atoms with van der Waals surface area (Å²) in [6.45, 7) is 0. The zero-order valence-corrected chi connectivity index (χ0v) is 13.1. The number of rotatable bonds is 2. The largest absolute Gasteiger partial charge is 0.434 e. The van der Waals surface area contributed by atoms with Crippen LogP contribution in [0.2, 0.25) is 0 Å². The number of nitrogen functional groups attached to an aromatic ring is 1. The van der Waals surface area contributed by atoms with Gasteiger partial charge in [0, 0.05) is 31.4 Å². The van der Waals surface area contributed by atoms with Gasteiger partial charge in [0.15, 0.2) is 0 Å². The molecule has 5 nitrogen and oxygen atoms in total. The second kappa shape index (κ2) is 7.79. The molecule has 23 heavy (non-hydrogen) atoms. The monoisotopic (exact) mass is 309 g/mol. The first-order valence-corrected chi connectivity index (χ1v) is 7.11. The van der Waals surface area contributed by atoms with Crippen molar-refractivity contribution in [1.82, 2.24) is 4.98 Å². The highest BCUT2D eigenvalue weighted by atomic mass is 16.3. The number of nitrogens with two attached hydrogens (primary N) is 1. The summed E-state index contributed by atoms with van der Waals surface area (Å²) in [4.78, 5) is 15.6. The minimum absolute atomic E-state index is 0.0995. The minimum Gasteiger partial charge on any atom is -0.434 e. The molecule has 0 saturated carbocycles. The molecule has 0 atom stereocenters. The fourth-order valence-electron chi connectivity index (χ4n) is 2.06. The van der Waals surface area contributed by atoms with E-state index in [1.54, 1.807) is 0 Å². The summed E-state index contributed by atoms with van der Waals surface area (Å²) in [5.41, 5.74) is 8.40. The van der Waals surface area contributed by atoms with Gasteiger partial charge in [0.05, 0.1) is 0 Å². The second-order valence-electron chi connectivity index (χ2n) is 4.99. The molecule has 0 unspecified atom stereocenters. The first kappa shape index (κ1) is 16.3. The topological polar surface area (TPSA) is 72.4 Å². The predicted molar refractivity (Wildman–Crippen MR) is 93.4 cm³/mol. The molecule has 1 aromatic heterocycles. The van der Waals surface area contributed by atoms with Crippen LogP contribution in [0.25, 0.3) is 11.1 Å². The third kappa shape index (κ3) is 4.71. The van der Waals surface area contributed by atoms with Gasteiger partial charge in [0.2, 0.25) is 0 Å². The van der Waals surface area contributed by atoms with Crippen LogP contribution in [0.15, 0.2) is 76.1 Å². The average molecular weight is 309 g/mol. The number of para-hydroxylation sites is 1. The van der Waals surface area contributed by atoms with Gasteiger partial charge in [-0.1, -0.05) is 48.5 Å². The maximum atomic E-state index is 10.2. The van der Waals surface area contributed by atoms with Crippen LogP contribution in [0.5, 0.6) is 0 Å². The number of nitrogens with zero attached hydrogens (tertiary/aromatic N) is 2.